The van der Waals surface area contributed by atoms with Crippen molar-refractivity contribution in [2.45, 2.75) is 39.1 Å². The van der Waals surface area contributed by atoms with Crippen LogP contribution in [0.1, 0.15) is 38.1 Å². The van der Waals surface area contributed by atoms with Crippen molar-refractivity contribution >= 4 is 16.7 Å². The van der Waals surface area contributed by atoms with Crippen molar-refractivity contribution in [3.63, 3.8) is 0 Å². The monoisotopic (exact) mass is 409 g/mol. The molecule has 158 valence electrons. The first-order chi connectivity index (χ1) is 14.1. The Labute approximate surface area is 175 Å². The highest BCUT2D eigenvalue weighted by atomic mass is 16.5. The summed E-state index contributed by atoms with van der Waals surface area (Å²) in [5.74, 6) is -1.15. The van der Waals surface area contributed by atoms with Crippen LogP contribution in [0.3, 0.4) is 0 Å². The Kier molecular flexibility index (Phi) is 6.10. The zero-order chi connectivity index (χ0) is 22.1. The number of carboxylic acid groups (broad SMARTS) is 1. The van der Waals surface area contributed by atoms with E-state index >= 15 is 0 Å². The van der Waals surface area contributed by atoms with Crippen LogP contribution in [-0.2, 0) is 27.9 Å². The number of carbonyl (C=O) groups is 1. The lowest BCUT2D eigenvalue weighted by atomic mass is 9.93. The lowest BCUT2D eigenvalue weighted by Crippen LogP contribution is -2.32. The fraction of sp³-hybridized carbons (Fsp3) is 0.333. The van der Waals surface area contributed by atoms with E-state index in [2.05, 4.69) is 0 Å². The van der Waals surface area contributed by atoms with E-state index in [0.29, 0.717) is 28.6 Å². The molecule has 1 heterocycles. The molecule has 1 aromatic heterocycles. The number of carboxylic acids is 1. The van der Waals surface area contributed by atoms with E-state index in [4.69, 9.17) is 9.47 Å². The summed E-state index contributed by atoms with van der Waals surface area (Å²) in [6, 6.07) is 14.9. The zero-order valence-corrected chi connectivity index (χ0v) is 17.9. The maximum absolute atomic E-state index is 13.1. The molecule has 0 amide bonds. The van der Waals surface area contributed by atoms with Crippen molar-refractivity contribution in [3.05, 3.63) is 70.1 Å². The summed E-state index contributed by atoms with van der Waals surface area (Å²) in [6.45, 7) is 5.86. The third kappa shape index (κ3) is 4.30. The second kappa shape index (κ2) is 8.42. The van der Waals surface area contributed by atoms with Gasteiger partial charge in [0.2, 0.25) is 0 Å². The summed E-state index contributed by atoms with van der Waals surface area (Å²) in [7, 11) is 3.22. The number of nitrogens with zero attached hydrogens (tertiary/aromatic N) is 1. The van der Waals surface area contributed by atoms with Gasteiger partial charge in [-0.3, -0.25) is 4.79 Å². The molecule has 0 spiro atoms. The first-order valence-corrected chi connectivity index (χ1v) is 9.74. The van der Waals surface area contributed by atoms with E-state index in [0.717, 1.165) is 11.1 Å². The SMILES string of the molecule is COCc1ccc(-c2c(C(OC(C)(C)C)C(=O)O)n(C)c(=O)c3ccccc23)cc1. The van der Waals surface area contributed by atoms with Gasteiger partial charge in [0.05, 0.1) is 17.9 Å². The highest BCUT2D eigenvalue weighted by Gasteiger charge is 2.32. The molecule has 1 unspecified atom stereocenters. The molecule has 6 heteroatoms. The van der Waals surface area contributed by atoms with Gasteiger partial charge in [-0.2, -0.15) is 0 Å². The van der Waals surface area contributed by atoms with Crippen molar-refractivity contribution in [2.24, 2.45) is 7.05 Å². The Bertz CT molecular complexity index is 1120. The lowest BCUT2D eigenvalue weighted by molar-refractivity contribution is -0.161. The van der Waals surface area contributed by atoms with E-state index in [1.54, 1.807) is 47.1 Å². The van der Waals surface area contributed by atoms with Crippen molar-refractivity contribution in [1.82, 2.24) is 4.57 Å². The topological polar surface area (TPSA) is 77.8 Å². The molecule has 0 radical (unpaired) electrons. The van der Waals surface area contributed by atoms with E-state index < -0.39 is 17.7 Å². The van der Waals surface area contributed by atoms with Crippen molar-refractivity contribution in [3.8, 4) is 11.1 Å². The third-order valence-corrected chi connectivity index (χ3v) is 4.85. The number of ether oxygens (including phenoxy) is 2. The molecule has 0 saturated carbocycles. The molecule has 0 saturated heterocycles. The maximum atomic E-state index is 13.1. The van der Waals surface area contributed by atoms with E-state index in [1.165, 1.54) is 4.57 Å². The van der Waals surface area contributed by atoms with Crippen molar-refractivity contribution < 1.29 is 19.4 Å². The number of fused-ring (bicyclic) bond motifs is 1. The minimum Gasteiger partial charge on any atom is -0.479 e. The van der Waals surface area contributed by atoms with Crippen LogP contribution in [0.4, 0.5) is 0 Å². The minimum atomic E-state index is -1.30. The van der Waals surface area contributed by atoms with Crippen molar-refractivity contribution in [2.75, 3.05) is 7.11 Å². The number of hydrogen-bond donors (Lipinski definition) is 1. The number of pyridine rings is 1. The van der Waals surface area contributed by atoms with Gasteiger partial charge in [0.25, 0.3) is 5.56 Å². The van der Waals surface area contributed by atoms with Gasteiger partial charge in [-0.15, -0.1) is 0 Å². The van der Waals surface area contributed by atoms with Crippen LogP contribution < -0.4 is 5.56 Å². The number of hydrogen-bond acceptors (Lipinski definition) is 4. The Morgan fingerprint density at radius 1 is 1.07 bits per heavy atom. The number of aromatic nitrogens is 1. The number of methoxy groups -OCH3 is 1. The second-order valence-corrected chi connectivity index (χ2v) is 8.25. The van der Waals surface area contributed by atoms with Gasteiger partial charge >= 0.3 is 5.97 Å². The molecule has 2 aromatic carbocycles. The van der Waals surface area contributed by atoms with Gasteiger partial charge < -0.3 is 19.1 Å². The fourth-order valence-electron chi connectivity index (χ4n) is 3.60. The van der Waals surface area contributed by atoms with Gasteiger partial charge in [0.15, 0.2) is 6.10 Å². The van der Waals surface area contributed by atoms with Crippen LogP contribution in [-0.4, -0.2) is 28.4 Å². The summed E-state index contributed by atoms with van der Waals surface area (Å²) in [6.07, 6.45) is -1.30. The minimum absolute atomic E-state index is 0.260. The Morgan fingerprint density at radius 2 is 1.67 bits per heavy atom. The summed E-state index contributed by atoms with van der Waals surface area (Å²) >= 11 is 0. The average molecular weight is 409 g/mol. The molecule has 3 aromatic rings. The Morgan fingerprint density at radius 3 is 2.20 bits per heavy atom. The molecule has 0 aliphatic rings. The van der Waals surface area contributed by atoms with E-state index in [-0.39, 0.29) is 5.56 Å². The quantitative estimate of drug-likeness (QED) is 0.657. The maximum Gasteiger partial charge on any atom is 0.339 e. The van der Waals surface area contributed by atoms with Crippen LogP contribution in [0.5, 0.6) is 0 Å². The van der Waals surface area contributed by atoms with Gasteiger partial charge in [-0.05, 0) is 43.4 Å². The number of rotatable bonds is 6. The van der Waals surface area contributed by atoms with Gasteiger partial charge in [-0.25, -0.2) is 4.79 Å². The highest BCUT2D eigenvalue weighted by Crippen LogP contribution is 2.36. The van der Waals surface area contributed by atoms with Crippen molar-refractivity contribution in [1.29, 1.82) is 0 Å². The van der Waals surface area contributed by atoms with E-state index in [9.17, 15) is 14.7 Å². The summed E-state index contributed by atoms with van der Waals surface area (Å²) in [4.78, 5) is 25.3. The highest BCUT2D eigenvalue weighted by molar-refractivity contribution is 5.98. The normalized spacial score (nSPS) is 12.8. The first-order valence-electron chi connectivity index (χ1n) is 9.74. The van der Waals surface area contributed by atoms with Gasteiger partial charge in [-0.1, -0.05) is 42.5 Å². The average Bonchev–Trinajstić information content (AvgIpc) is 2.69. The molecule has 3 rings (SSSR count). The molecular formula is C24H27NO5. The molecule has 1 atom stereocenters. The summed E-state index contributed by atoms with van der Waals surface area (Å²) < 4.78 is 12.5. The standard InChI is InChI=1S/C24H27NO5/c1-24(2,3)30-21(23(27)28)20-19(16-12-10-15(11-13-16)14-29-5)17-8-6-7-9-18(17)22(26)25(20)4/h6-13,21H,14H2,1-5H3,(H,27,28). The molecule has 0 aliphatic heterocycles. The predicted octanol–water partition coefficient (Wildman–Crippen LogP) is 4.29. The van der Waals surface area contributed by atoms with Crippen LogP contribution in [0.15, 0.2) is 53.3 Å². The largest absolute Gasteiger partial charge is 0.479 e. The molecule has 1 N–H and O–H groups in total. The molecule has 0 bridgehead atoms. The van der Waals surface area contributed by atoms with Crippen LogP contribution in [0.2, 0.25) is 0 Å². The Balaban J connectivity index is 2.38. The van der Waals surface area contributed by atoms with Crippen LogP contribution in [0, 0.1) is 0 Å². The molecule has 0 fully saturated rings. The molecule has 0 aliphatic carbocycles. The molecular weight excluding hydrogens is 382 g/mol. The van der Waals surface area contributed by atoms with Crippen LogP contribution in [0.25, 0.3) is 21.9 Å². The molecule has 30 heavy (non-hydrogen) atoms. The van der Waals surface area contributed by atoms with Gasteiger partial charge in [0, 0.05) is 25.1 Å². The molecule has 6 nitrogen and oxygen atoms in total. The predicted molar refractivity (Wildman–Crippen MR) is 117 cm³/mol. The Hall–Kier alpha value is -2.96. The fourth-order valence-corrected chi connectivity index (χ4v) is 3.60. The smallest absolute Gasteiger partial charge is 0.339 e. The number of aliphatic carboxylic acids is 1. The lowest BCUT2D eigenvalue weighted by Gasteiger charge is -2.28. The van der Waals surface area contributed by atoms with Gasteiger partial charge in [0.1, 0.15) is 0 Å². The first kappa shape index (κ1) is 21.7. The second-order valence-electron chi connectivity index (χ2n) is 8.25. The number of benzene rings is 2. The summed E-state index contributed by atoms with van der Waals surface area (Å²) in [5.41, 5.74) is 1.82. The zero-order valence-electron chi connectivity index (χ0n) is 17.9. The van der Waals surface area contributed by atoms with E-state index in [1.807, 2.05) is 36.4 Å². The third-order valence-electron chi connectivity index (χ3n) is 4.85. The van der Waals surface area contributed by atoms with Crippen LogP contribution >= 0.6 is 0 Å². The summed E-state index contributed by atoms with van der Waals surface area (Å²) in [5, 5.41) is 11.2.